The van der Waals surface area contributed by atoms with Crippen LogP contribution in [0.3, 0.4) is 0 Å². The Kier molecular flexibility index (Phi) is 4.64. The Morgan fingerprint density at radius 3 is 2.78 bits per heavy atom. The van der Waals surface area contributed by atoms with E-state index < -0.39 is 0 Å². The maximum absolute atomic E-state index is 11.9. The second-order valence-corrected chi connectivity index (χ2v) is 6.77. The Hall–Kier alpha value is -0.590. The van der Waals surface area contributed by atoms with E-state index in [1.54, 1.807) is 23.5 Å². The average molecular weight is 392 g/mol. The molecule has 0 unspecified atom stereocenters. The lowest BCUT2D eigenvalue weighted by molar-refractivity contribution is 0.0951. The summed E-state index contributed by atoms with van der Waals surface area (Å²) in [6.07, 6.45) is 0. The second kappa shape index (κ2) is 6.04. The van der Waals surface area contributed by atoms with Crippen LogP contribution in [0.1, 0.15) is 20.1 Å². The summed E-state index contributed by atoms with van der Waals surface area (Å²) in [4.78, 5) is 14.3. The van der Waals surface area contributed by atoms with Crippen LogP contribution in [0.15, 0.2) is 30.3 Å². The normalized spacial score (nSPS) is 10.4. The highest BCUT2D eigenvalue weighted by molar-refractivity contribution is 14.1. The first-order valence-corrected chi connectivity index (χ1v) is 7.62. The predicted octanol–water partition coefficient (Wildman–Crippen LogP) is 4.24. The molecule has 5 heteroatoms. The summed E-state index contributed by atoms with van der Waals surface area (Å²) in [6.45, 7) is 2.61. The molecule has 0 aliphatic rings. The zero-order valence-electron chi connectivity index (χ0n) is 9.67. The zero-order chi connectivity index (χ0) is 13.1. The van der Waals surface area contributed by atoms with Crippen molar-refractivity contribution in [3.05, 3.63) is 54.2 Å². The molecule has 0 bridgehead atoms. The van der Waals surface area contributed by atoms with Crippen molar-refractivity contribution >= 4 is 51.4 Å². The molecule has 1 amide bonds. The first kappa shape index (κ1) is 13.8. The summed E-state index contributed by atoms with van der Waals surface area (Å²) in [5.41, 5.74) is 0.591. The van der Waals surface area contributed by atoms with Gasteiger partial charge in [-0.2, -0.15) is 0 Å². The minimum absolute atomic E-state index is 0.0978. The van der Waals surface area contributed by atoms with Crippen molar-refractivity contribution in [2.45, 2.75) is 13.5 Å². The highest BCUT2D eigenvalue weighted by atomic mass is 127. The van der Waals surface area contributed by atoms with Gasteiger partial charge in [-0.15, -0.1) is 11.3 Å². The maximum atomic E-state index is 11.9. The Morgan fingerprint density at radius 1 is 1.39 bits per heavy atom. The Balaban J connectivity index is 2.01. The number of nitrogens with one attached hydrogen (secondary N) is 1. The van der Waals surface area contributed by atoms with E-state index in [2.05, 4.69) is 34.8 Å². The molecule has 2 aromatic rings. The molecule has 18 heavy (non-hydrogen) atoms. The first-order valence-electron chi connectivity index (χ1n) is 5.35. The second-order valence-electron chi connectivity index (χ2n) is 3.82. The topological polar surface area (TPSA) is 29.1 Å². The van der Waals surface area contributed by atoms with Crippen LogP contribution in [0.4, 0.5) is 0 Å². The number of thiophene rings is 1. The van der Waals surface area contributed by atoms with Gasteiger partial charge in [0.25, 0.3) is 5.91 Å². The summed E-state index contributed by atoms with van der Waals surface area (Å²) in [5, 5.41) is 3.49. The van der Waals surface area contributed by atoms with E-state index in [9.17, 15) is 4.79 Å². The van der Waals surface area contributed by atoms with Crippen molar-refractivity contribution in [2.75, 3.05) is 0 Å². The lowest BCUT2D eigenvalue weighted by Gasteiger charge is -2.05. The first-order chi connectivity index (χ1) is 8.56. The number of aryl methyl sites for hydroxylation is 1. The number of halogens is 2. The monoisotopic (exact) mass is 391 g/mol. The summed E-state index contributed by atoms with van der Waals surface area (Å²) in [5.74, 6) is -0.0978. The van der Waals surface area contributed by atoms with Gasteiger partial charge in [0.1, 0.15) is 0 Å². The minimum Gasteiger partial charge on any atom is -0.347 e. The fourth-order valence-electron chi connectivity index (χ4n) is 1.49. The molecule has 2 nitrogen and oxygen atoms in total. The van der Waals surface area contributed by atoms with Crippen LogP contribution in [0, 0.1) is 10.5 Å². The largest absolute Gasteiger partial charge is 0.347 e. The van der Waals surface area contributed by atoms with Crippen LogP contribution in [0.25, 0.3) is 0 Å². The van der Waals surface area contributed by atoms with Gasteiger partial charge in [-0.1, -0.05) is 11.6 Å². The molecular weight excluding hydrogens is 381 g/mol. The van der Waals surface area contributed by atoms with Gasteiger partial charge in [0.2, 0.25) is 0 Å². The van der Waals surface area contributed by atoms with Crippen molar-refractivity contribution < 1.29 is 4.79 Å². The third-order valence-electron chi connectivity index (χ3n) is 2.40. The number of carbonyl (C=O) groups excluding carboxylic acids is 1. The standard InChI is InChI=1S/C13H11ClINOS/c1-8-2-4-10(18-8)7-16-13(17)9-3-5-12(15)11(14)6-9/h2-6H,7H2,1H3,(H,16,17). The lowest BCUT2D eigenvalue weighted by atomic mass is 10.2. The van der Waals surface area contributed by atoms with Gasteiger partial charge in [-0.05, 0) is 59.8 Å². The van der Waals surface area contributed by atoms with Crippen molar-refractivity contribution in [2.24, 2.45) is 0 Å². The summed E-state index contributed by atoms with van der Waals surface area (Å²) in [6, 6.07) is 9.39. The minimum atomic E-state index is -0.0978. The highest BCUT2D eigenvalue weighted by Crippen LogP contribution is 2.20. The molecule has 0 fully saturated rings. The van der Waals surface area contributed by atoms with E-state index in [4.69, 9.17) is 11.6 Å². The number of hydrogen-bond donors (Lipinski definition) is 1. The Morgan fingerprint density at radius 2 is 2.17 bits per heavy atom. The van der Waals surface area contributed by atoms with E-state index in [-0.39, 0.29) is 5.91 Å². The third-order valence-corrected chi connectivity index (χ3v) is 4.97. The van der Waals surface area contributed by atoms with Crippen LogP contribution in [-0.4, -0.2) is 5.91 Å². The van der Waals surface area contributed by atoms with Crippen molar-refractivity contribution in [3.8, 4) is 0 Å². The summed E-state index contributed by atoms with van der Waals surface area (Å²) in [7, 11) is 0. The van der Waals surface area contributed by atoms with Gasteiger partial charge in [0, 0.05) is 18.9 Å². The summed E-state index contributed by atoms with van der Waals surface area (Å²) >= 11 is 9.82. The molecule has 0 atom stereocenters. The quantitative estimate of drug-likeness (QED) is 0.779. The van der Waals surface area contributed by atoms with E-state index >= 15 is 0 Å². The molecule has 0 saturated heterocycles. The van der Waals surface area contributed by atoms with Crippen LogP contribution in [-0.2, 0) is 6.54 Å². The van der Waals surface area contributed by atoms with Gasteiger partial charge < -0.3 is 5.32 Å². The molecule has 1 heterocycles. The fourth-order valence-corrected chi connectivity index (χ4v) is 2.83. The smallest absolute Gasteiger partial charge is 0.251 e. The van der Waals surface area contributed by atoms with E-state index in [0.29, 0.717) is 17.1 Å². The molecule has 1 aromatic carbocycles. The van der Waals surface area contributed by atoms with Crippen molar-refractivity contribution in [1.82, 2.24) is 5.32 Å². The van der Waals surface area contributed by atoms with Crippen LogP contribution in [0.2, 0.25) is 5.02 Å². The maximum Gasteiger partial charge on any atom is 0.251 e. The molecule has 0 saturated carbocycles. The predicted molar refractivity (Wildman–Crippen MR) is 84.4 cm³/mol. The summed E-state index contributed by atoms with van der Waals surface area (Å²) < 4.78 is 0.944. The molecule has 0 aliphatic carbocycles. The van der Waals surface area contributed by atoms with E-state index in [1.165, 1.54) is 4.88 Å². The Labute approximate surface area is 129 Å². The van der Waals surface area contributed by atoms with Gasteiger partial charge in [-0.25, -0.2) is 0 Å². The highest BCUT2D eigenvalue weighted by Gasteiger charge is 2.08. The van der Waals surface area contributed by atoms with Gasteiger partial charge >= 0.3 is 0 Å². The molecule has 2 rings (SSSR count). The SMILES string of the molecule is Cc1ccc(CNC(=O)c2ccc(I)c(Cl)c2)s1. The lowest BCUT2D eigenvalue weighted by Crippen LogP contribution is -2.22. The molecule has 94 valence electrons. The van der Waals surface area contributed by atoms with Crippen molar-refractivity contribution in [1.29, 1.82) is 0 Å². The number of hydrogen-bond acceptors (Lipinski definition) is 2. The molecule has 1 aromatic heterocycles. The number of carbonyl (C=O) groups is 1. The van der Waals surface area contributed by atoms with Crippen LogP contribution >= 0.6 is 45.5 Å². The fraction of sp³-hybridized carbons (Fsp3) is 0.154. The van der Waals surface area contributed by atoms with Gasteiger partial charge in [0.05, 0.1) is 11.6 Å². The Bertz CT molecular complexity index is 582. The van der Waals surface area contributed by atoms with Gasteiger partial charge in [-0.3, -0.25) is 4.79 Å². The van der Waals surface area contributed by atoms with Crippen LogP contribution < -0.4 is 5.32 Å². The number of benzene rings is 1. The molecule has 0 aliphatic heterocycles. The molecule has 1 N–H and O–H groups in total. The number of amides is 1. The molecular formula is C13H11ClINOS. The molecule has 0 spiro atoms. The zero-order valence-corrected chi connectivity index (χ0v) is 13.4. The third kappa shape index (κ3) is 3.46. The average Bonchev–Trinajstić information content (AvgIpc) is 2.75. The van der Waals surface area contributed by atoms with Crippen LogP contribution in [0.5, 0.6) is 0 Å². The van der Waals surface area contributed by atoms with Crippen molar-refractivity contribution in [3.63, 3.8) is 0 Å². The molecule has 0 radical (unpaired) electrons. The van der Waals surface area contributed by atoms with E-state index in [1.807, 2.05) is 18.2 Å². The van der Waals surface area contributed by atoms with E-state index in [0.717, 1.165) is 8.45 Å². The van der Waals surface area contributed by atoms with Gasteiger partial charge in [0.15, 0.2) is 0 Å². The number of rotatable bonds is 3.